The number of aromatic hydroxyl groups is 1. The van der Waals surface area contributed by atoms with Gasteiger partial charge in [-0.3, -0.25) is 19.6 Å². The van der Waals surface area contributed by atoms with Crippen molar-refractivity contribution in [3.63, 3.8) is 0 Å². The van der Waals surface area contributed by atoms with E-state index in [1.54, 1.807) is 18.7 Å². The average Bonchev–Trinajstić information content (AvgIpc) is 3.05. The molecule has 0 fully saturated rings. The molecule has 0 unspecified atom stereocenters. The molecule has 2 aromatic carbocycles. The Bertz CT molecular complexity index is 1200. The highest BCUT2D eigenvalue weighted by atomic mass is 16.6. The lowest BCUT2D eigenvalue weighted by Crippen LogP contribution is -2.19. The Balaban J connectivity index is 1.84. The molecular weight excluding hydrogens is 410 g/mol. The van der Waals surface area contributed by atoms with Crippen LogP contribution in [0, 0.1) is 10.1 Å². The van der Waals surface area contributed by atoms with E-state index in [0.29, 0.717) is 5.69 Å². The van der Waals surface area contributed by atoms with Gasteiger partial charge in [0.2, 0.25) is 0 Å². The number of aryl methyl sites for hydroxylation is 1. The molecule has 0 atom stereocenters. The summed E-state index contributed by atoms with van der Waals surface area (Å²) in [5.41, 5.74) is 5.27. The van der Waals surface area contributed by atoms with Crippen LogP contribution in [0.1, 0.15) is 49.3 Å². The van der Waals surface area contributed by atoms with Gasteiger partial charge in [-0.2, -0.15) is 10.2 Å². The van der Waals surface area contributed by atoms with Crippen LogP contribution < -0.4 is 5.43 Å². The van der Waals surface area contributed by atoms with Gasteiger partial charge in [0.05, 0.1) is 10.6 Å². The molecule has 0 bridgehead atoms. The van der Waals surface area contributed by atoms with Crippen LogP contribution in [0.4, 0.5) is 5.69 Å². The first kappa shape index (κ1) is 22.7. The van der Waals surface area contributed by atoms with Crippen molar-refractivity contribution in [1.29, 1.82) is 0 Å². The standard InChI is InChI=1S/C23H25N5O4/c1-14(24-25-22(30)16-7-6-8-18(13-16)28(31)32)19-21(29)20(27(5)26-19)15-9-11-17(12-10-15)23(2,3)4/h6-13,29H,1-5H3,(H,25,30)/b24-14+. The van der Waals surface area contributed by atoms with Crippen molar-refractivity contribution in [2.24, 2.45) is 12.1 Å². The number of hydrazone groups is 1. The fourth-order valence-corrected chi connectivity index (χ4v) is 3.22. The molecule has 3 rings (SSSR count). The van der Waals surface area contributed by atoms with E-state index in [0.717, 1.165) is 11.6 Å². The van der Waals surface area contributed by atoms with Gasteiger partial charge in [0.25, 0.3) is 11.6 Å². The van der Waals surface area contributed by atoms with Crippen molar-refractivity contribution in [2.45, 2.75) is 33.1 Å². The normalized spacial score (nSPS) is 12.0. The second kappa shape index (κ2) is 8.62. The molecule has 0 saturated heterocycles. The number of rotatable bonds is 5. The third-order valence-corrected chi connectivity index (χ3v) is 5.03. The lowest BCUT2D eigenvalue weighted by molar-refractivity contribution is -0.384. The molecule has 2 N–H and O–H groups in total. The molecule has 9 nitrogen and oxygen atoms in total. The van der Waals surface area contributed by atoms with Gasteiger partial charge < -0.3 is 5.11 Å². The zero-order valence-corrected chi connectivity index (χ0v) is 18.6. The Morgan fingerprint density at radius 2 is 1.84 bits per heavy atom. The smallest absolute Gasteiger partial charge is 0.271 e. The Morgan fingerprint density at radius 3 is 2.44 bits per heavy atom. The van der Waals surface area contributed by atoms with Gasteiger partial charge in [0.1, 0.15) is 5.69 Å². The summed E-state index contributed by atoms with van der Waals surface area (Å²) in [6.07, 6.45) is 0. The van der Waals surface area contributed by atoms with Crippen molar-refractivity contribution in [2.75, 3.05) is 0 Å². The largest absolute Gasteiger partial charge is 0.504 e. The lowest BCUT2D eigenvalue weighted by atomic mass is 9.86. The van der Waals surface area contributed by atoms with Gasteiger partial charge in [-0.25, -0.2) is 5.43 Å². The predicted molar refractivity (Wildman–Crippen MR) is 122 cm³/mol. The Morgan fingerprint density at radius 1 is 1.19 bits per heavy atom. The predicted octanol–water partition coefficient (Wildman–Crippen LogP) is 4.15. The molecule has 3 aromatic rings. The summed E-state index contributed by atoms with van der Waals surface area (Å²) >= 11 is 0. The number of benzene rings is 2. The highest BCUT2D eigenvalue weighted by molar-refractivity contribution is 6.02. The Kier molecular flexibility index (Phi) is 6.11. The number of hydrogen-bond acceptors (Lipinski definition) is 6. The van der Waals surface area contributed by atoms with E-state index in [9.17, 15) is 20.0 Å². The van der Waals surface area contributed by atoms with E-state index < -0.39 is 10.8 Å². The molecule has 0 radical (unpaired) electrons. The summed E-state index contributed by atoms with van der Waals surface area (Å²) in [4.78, 5) is 22.6. The number of hydrogen-bond donors (Lipinski definition) is 2. The second-order valence-corrected chi connectivity index (χ2v) is 8.44. The number of nitro benzene ring substituents is 1. The minimum atomic E-state index is -0.610. The number of nitrogens with zero attached hydrogens (tertiary/aromatic N) is 4. The average molecular weight is 435 g/mol. The first-order valence-electron chi connectivity index (χ1n) is 9.95. The molecule has 0 spiro atoms. The molecule has 1 amide bonds. The lowest BCUT2D eigenvalue weighted by Gasteiger charge is -2.19. The number of aromatic nitrogens is 2. The Labute approximate surface area is 185 Å². The first-order valence-corrected chi connectivity index (χ1v) is 9.95. The minimum Gasteiger partial charge on any atom is -0.504 e. The zero-order valence-electron chi connectivity index (χ0n) is 18.6. The monoisotopic (exact) mass is 435 g/mol. The number of nitrogens with one attached hydrogen (secondary N) is 1. The molecule has 0 aliphatic heterocycles. The highest BCUT2D eigenvalue weighted by Gasteiger charge is 2.21. The maximum absolute atomic E-state index is 12.3. The third-order valence-electron chi connectivity index (χ3n) is 5.03. The highest BCUT2D eigenvalue weighted by Crippen LogP contribution is 2.33. The summed E-state index contributed by atoms with van der Waals surface area (Å²) in [7, 11) is 1.71. The summed E-state index contributed by atoms with van der Waals surface area (Å²) in [6.45, 7) is 7.98. The van der Waals surface area contributed by atoms with Crippen LogP contribution in [0.25, 0.3) is 11.3 Å². The van der Waals surface area contributed by atoms with E-state index in [2.05, 4.69) is 36.4 Å². The second-order valence-electron chi connectivity index (χ2n) is 8.44. The van der Waals surface area contributed by atoms with Gasteiger partial charge in [-0.1, -0.05) is 51.1 Å². The van der Waals surface area contributed by atoms with Crippen molar-refractivity contribution in [3.05, 3.63) is 75.5 Å². The van der Waals surface area contributed by atoms with Crippen LogP contribution in [0.3, 0.4) is 0 Å². The van der Waals surface area contributed by atoms with Crippen LogP contribution in [0.5, 0.6) is 5.75 Å². The van der Waals surface area contributed by atoms with Crippen molar-refractivity contribution in [1.82, 2.24) is 15.2 Å². The first-order chi connectivity index (χ1) is 15.0. The van der Waals surface area contributed by atoms with Gasteiger partial charge in [0.15, 0.2) is 11.4 Å². The van der Waals surface area contributed by atoms with Crippen LogP contribution in [-0.2, 0) is 12.5 Å². The maximum atomic E-state index is 12.3. The summed E-state index contributed by atoms with van der Waals surface area (Å²) in [6, 6.07) is 13.2. The van der Waals surface area contributed by atoms with Crippen LogP contribution in [0.2, 0.25) is 0 Å². The quantitative estimate of drug-likeness (QED) is 0.354. The van der Waals surface area contributed by atoms with E-state index in [4.69, 9.17) is 0 Å². The van der Waals surface area contributed by atoms with Gasteiger partial charge in [-0.15, -0.1) is 0 Å². The molecule has 0 saturated carbocycles. The SMILES string of the molecule is C/C(=N\NC(=O)c1cccc([N+](=O)[O-])c1)c1nn(C)c(-c2ccc(C(C)(C)C)cc2)c1O. The molecule has 1 aromatic heterocycles. The van der Waals surface area contributed by atoms with Crippen LogP contribution >= 0.6 is 0 Å². The molecule has 0 aliphatic carbocycles. The molecule has 1 heterocycles. The van der Waals surface area contributed by atoms with Crippen molar-refractivity contribution >= 4 is 17.3 Å². The van der Waals surface area contributed by atoms with Gasteiger partial charge in [-0.05, 0) is 24.0 Å². The number of nitro groups is 1. The topological polar surface area (TPSA) is 123 Å². The minimum absolute atomic E-state index is 0.0127. The number of non-ortho nitro benzene ring substituents is 1. The molecule has 32 heavy (non-hydrogen) atoms. The van der Waals surface area contributed by atoms with Crippen molar-refractivity contribution < 1.29 is 14.8 Å². The summed E-state index contributed by atoms with van der Waals surface area (Å²) < 4.78 is 1.55. The molecular formula is C23H25N5O4. The Hall–Kier alpha value is -4.01. The summed E-state index contributed by atoms with van der Waals surface area (Å²) in [5.74, 6) is -0.664. The van der Waals surface area contributed by atoms with Gasteiger partial charge in [0, 0.05) is 30.3 Å². The summed E-state index contributed by atoms with van der Waals surface area (Å²) in [5, 5.41) is 30.0. The fourth-order valence-electron chi connectivity index (χ4n) is 3.22. The van der Waals surface area contributed by atoms with E-state index in [1.165, 1.54) is 23.8 Å². The van der Waals surface area contributed by atoms with E-state index in [-0.39, 0.29) is 33.8 Å². The number of carbonyl (C=O) groups is 1. The fraction of sp³-hybridized carbons (Fsp3) is 0.261. The number of carbonyl (C=O) groups excluding carboxylic acids is 1. The molecule has 0 aliphatic rings. The van der Waals surface area contributed by atoms with E-state index >= 15 is 0 Å². The van der Waals surface area contributed by atoms with E-state index in [1.807, 2.05) is 24.3 Å². The van der Waals surface area contributed by atoms with Gasteiger partial charge >= 0.3 is 0 Å². The van der Waals surface area contributed by atoms with Crippen LogP contribution in [0.15, 0.2) is 53.6 Å². The maximum Gasteiger partial charge on any atom is 0.271 e. The zero-order chi connectivity index (χ0) is 23.6. The van der Waals surface area contributed by atoms with Crippen LogP contribution in [-0.4, -0.2) is 31.4 Å². The molecule has 166 valence electrons. The third kappa shape index (κ3) is 4.66. The van der Waals surface area contributed by atoms with Crippen molar-refractivity contribution in [3.8, 4) is 17.0 Å². The number of amides is 1. The molecule has 9 heteroatoms.